The molecule has 6 heteroatoms. The van der Waals surface area contributed by atoms with Crippen molar-refractivity contribution in [2.24, 2.45) is 0 Å². The van der Waals surface area contributed by atoms with Crippen LogP contribution in [0.3, 0.4) is 0 Å². The van der Waals surface area contributed by atoms with Crippen LogP contribution in [0.5, 0.6) is 5.75 Å². The Hall–Kier alpha value is -2.11. The number of phenolic OH excluding ortho intramolecular Hbond substituents is 1. The average Bonchev–Trinajstić information content (AvgIpc) is 2.35. The number of carbonyl (C=O) groups excluding carboxylic acids is 1. The fourth-order valence-corrected chi connectivity index (χ4v) is 1.62. The molecule has 0 heterocycles. The zero-order chi connectivity index (χ0) is 13.7. The van der Waals surface area contributed by atoms with Gasteiger partial charge in [0.1, 0.15) is 0 Å². The summed E-state index contributed by atoms with van der Waals surface area (Å²) in [5.41, 5.74) is -0.539. The molecule has 0 atom stereocenters. The highest BCUT2D eigenvalue weighted by Gasteiger charge is 2.21. The number of nitro groups is 1. The summed E-state index contributed by atoms with van der Waals surface area (Å²) in [6.07, 6.45) is 1.52. The molecule has 2 N–H and O–H groups in total. The molecule has 1 amide bonds. The number of phenols is 1. The van der Waals surface area contributed by atoms with Crippen LogP contribution in [0.25, 0.3) is 0 Å². The Labute approximate surface area is 105 Å². The smallest absolute Gasteiger partial charge is 0.311 e. The highest BCUT2D eigenvalue weighted by Crippen LogP contribution is 2.29. The van der Waals surface area contributed by atoms with Crippen molar-refractivity contribution in [3.8, 4) is 5.75 Å². The summed E-state index contributed by atoms with van der Waals surface area (Å²) in [5.74, 6) is -1.09. The Kier molecular flexibility index (Phi) is 4.65. The molecule has 1 rings (SSSR count). The molecule has 1 aromatic carbocycles. The third-order valence-electron chi connectivity index (χ3n) is 2.78. The highest BCUT2D eigenvalue weighted by molar-refractivity contribution is 5.98. The van der Waals surface area contributed by atoms with Gasteiger partial charge in [-0.25, -0.2) is 0 Å². The van der Waals surface area contributed by atoms with Crippen molar-refractivity contribution >= 4 is 11.6 Å². The SMILES string of the molecule is CCC(CC)NC(=O)c1cccc([N+](=O)[O-])c1O. The van der Waals surface area contributed by atoms with E-state index in [0.717, 1.165) is 18.9 Å². The maximum absolute atomic E-state index is 11.9. The largest absolute Gasteiger partial charge is 0.502 e. The number of amides is 1. The lowest BCUT2D eigenvalue weighted by molar-refractivity contribution is -0.385. The molecular formula is C12H16N2O4. The number of carbonyl (C=O) groups is 1. The molecule has 0 aliphatic carbocycles. The second-order valence-electron chi connectivity index (χ2n) is 3.92. The average molecular weight is 252 g/mol. The first kappa shape index (κ1) is 14.0. The molecular weight excluding hydrogens is 236 g/mol. The van der Waals surface area contributed by atoms with Gasteiger partial charge < -0.3 is 10.4 Å². The molecule has 0 radical (unpaired) electrons. The first-order valence-electron chi connectivity index (χ1n) is 5.78. The van der Waals surface area contributed by atoms with Crippen molar-refractivity contribution in [3.63, 3.8) is 0 Å². The van der Waals surface area contributed by atoms with Gasteiger partial charge in [0.15, 0.2) is 0 Å². The van der Waals surface area contributed by atoms with Crippen LogP contribution in [0, 0.1) is 10.1 Å². The molecule has 0 aliphatic heterocycles. The number of nitrogens with one attached hydrogen (secondary N) is 1. The van der Waals surface area contributed by atoms with Gasteiger partial charge >= 0.3 is 5.69 Å². The first-order chi connectivity index (χ1) is 8.51. The van der Waals surface area contributed by atoms with Crippen molar-refractivity contribution in [2.45, 2.75) is 32.7 Å². The molecule has 0 aromatic heterocycles. The Morgan fingerprint density at radius 3 is 2.56 bits per heavy atom. The zero-order valence-electron chi connectivity index (χ0n) is 10.3. The van der Waals surface area contributed by atoms with Gasteiger partial charge in [-0.2, -0.15) is 0 Å². The lowest BCUT2D eigenvalue weighted by atomic mass is 10.1. The number of para-hydroxylation sites is 1. The molecule has 0 fully saturated rings. The van der Waals surface area contributed by atoms with Crippen LogP contribution in [-0.4, -0.2) is 22.0 Å². The van der Waals surface area contributed by atoms with E-state index in [-0.39, 0.29) is 11.6 Å². The van der Waals surface area contributed by atoms with Crippen LogP contribution in [0.2, 0.25) is 0 Å². The summed E-state index contributed by atoms with van der Waals surface area (Å²) < 4.78 is 0. The fraction of sp³-hybridized carbons (Fsp3) is 0.417. The molecule has 0 saturated carbocycles. The first-order valence-corrected chi connectivity index (χ1v) is 5.78. The summed E-state index contributed by atoms with van der Waals surface area (Å²) >= 11 is 0. The summed E-state index contributed by atoms with van der Waals surface area (Å²) in [6.45, 7) is 3.86. The monoisotopic (exact) mass is 252 g/mol. The van der Waals surface area contributed by atoms with E-state index in [9.17, 15) is 20.0 Å². The Balaban J connectivity index is 2.99. The molecule has 1 aromatic rings. The minimum atomic E-state index is -0.719. The molecule has 18 heavy (non-hydrogen) atoms. The predicted molar refractivity (Wildman–Crippen MR) is 66.6 cm³/mol. The highest BCUT2D eigenvalue weighted by atomic mass is 16.6. The van der Waals surface area contributed by atoms with Gasteiger partial charge in [0, 0.05) is 12.1 Å². The van der Waals surface area contributed by atoms with E-state index >= 15 is 0 Å². The Morgan fingerprint density at radius 2 is 2.06 bits per heavy atom. The molecule has 0 aliphatic rings. The third-order valence-corrected chi connectivity index (χ3v) is 2.78. The van der Waals surface area contributed by atoms with Crippen molar-refractivity contribution in [3.05, 3.63) is 33.9 Å². The van der Waals surface area contributed by atoms with Crippen molar-refractivity contribution < 1.29 is 14.8 Å². The molecule has 0 bridgehead atoms. The number of nitro benzene ring substituents is 1. The van der Waals surface area contributed by atoms with Crippen LogP contribution in [-0.2, 0) is 0 Å². The fourth-order valence-electron chi connectivity index (χ4n) is 1.62. The van der Waals surface area contributed by atoms with E-state index in [2.05, 4.69) is 5.32 Å². The number of aromatic hydroxyl groups is 1. The summed E-state index contributed by atoms with van der Waals surface area (Å²) in [7, 11) is 0. The van der Waals surface area contributed by atoms with E-state index in [1.807, 2.05) is 13.8 Å². The van der Waals surface area contributed by atoms with Gasteiger partial charge in [-0.15, -0.1) is 0 Å². The number of rotatable bonds is 5. The Morgan fingerprint density at radius 1 is 1.44 bits per heavy atom. The van der Waals surface area contributed by atoms with Crippen LogP contribution in [0.1, 0.15) is 37.0 Å². The van der Waals surface area contributed by atoms with Crippen LogP contribution in [0.4, 0.5) is 5.69 Å². The van der Waals surface area contributed by atoms with Crippen LogP contribution >= 0.6 is 0 Å². The van der Waals surface area contributed by atoms with Crippen molar-refractivity contribution in [1.29, 1.82) is 0 Å². The molecule has 6 nitrogen and oxygen atoms in total. The quantitative estimate of drug-likeness (QED) is 0.620. The van der Waals surface area contributed by atoms with E-state index < -0.39 is 22.3 Å². The molecule has 0 saturated heterocycles. The van der Waals surface area contributed by atoms with E-state index in [1.165, 1.54) is 12.1 Å². The number of hydrogen-bond donors (Lipinski definition) is 2. The van der Waals surface area contributed by atoms with Crippen molar-refractivity contribution in [1.82, 2.24) is 5.32 Å². The summed E-state index contributed by atoms with van der Waals surface area (Å²) in [6, 6.07) is 3.89. The maximum Gasteiger partial charge on any atom is 0.311 e. The van der Waals surface area contributed by atoms with Gasteiger partial charge in [0.25, 0.3) is 5.91 Å². The molecule has 98 valence electrons. The van der Waals surface area contributed by atoms with Crippen LogP contribution in [0.15, 0.2) is 18.2 Å². The Bertz CT molecular complexity index is 455. The summed E-state index contributed by atoms with van der Waals surface area (Å²) in [4.78, 5) is 21.8. The third kappa shape index (κ3) is 2.97. The maximum atomic E-state index is 11.9. The van der Waals surface area contributed by atoms with Gasteiger partial charge in [-0.3, -0.25) is 14.9 Å². The molecule has 0 spiro atoms. The standard InChI is InChI=1S/C12H16N2O4/c1-3-8(4-2)13-12(16)9-6-5-7-10(11(9)15)14(17)18/h5-8,15H,3-4H2,1-2H3,(H,13,16). The van der Waals surface area contributed by atoms with E-state index in [1.54, 1.807) is 0 Å². The van der Waals surface area contributed by atoms with Gasteiger partial charge in [-0.1, -0.05) is 19.9 Å². The van der Waals surface area contributed by atoms with Gasteiger partial charge in [-0.05, 0) is 18.9 Å². The van der Waals surface area contributed by atoms with E-state index in [4.69, 9.17) is 0 Å². The number of nitrogens with zero attached hydrogens (tertiary/aromatic N) is 1. The van der Waals surface area contributed by atoms with E-state index in [0.29, 0.717) is 0 Å². The number of hydrogen-bond acceptors (Lipinski definition) is 4. The zero-order valence-corrected chi connectivity index (χ0v) is 10.3. The number of benzene rings is 1. The molecule has 0 unspecified atom stereocenters. The topological polar surface area (TPSA) is 92.5 Å². The van der Waals surface area contributed by atoms with Gasteiger partial charge in [0.2, 0.25) is 5.75 Å². The normalized spacial score (nSPS) is 10.4. The minimum absolute atomic E-state index is 0.00355. The summed E-state index contributed by atoms with van der Waals surface area (Å²) in [5, 5.41) is 23.0. The lowest BCUT2D eigenvalue weighted by Gasteiger charge is -2.15. The second-order valence-corrected chi connectivity index (χ2v) is 3.92. The predicted octanol–water partition coefficient (Wildman–Crippen LogP) is 2.22. The second kappa shape index (κ2) is 6.00. The van der Waals surface area contributed by atoms with Crippen LogP contribution < -0.4 is 5.32 Å². The lowest BCUT2D eigenvalue weighted by Crippen LogP contribution is -2.33. The van der Waals surface area contributed by atoms with Gasteiger partial charge in [0.05, 0.1) is 10.5 Å². The van der Waals surface area contributed by atoms with Crippen molar-refractivity contribution in [2.75, 3.05) is 0 Å². The minimum Gasteiger partial charge on any atom is -0.502 e.